The molecule has 1 saturated heterocycles. The Hall–Kier alpha value is -2.22. The first-order valence-corrected chi connectivity index (χ1v) is 8.99. The van der Waals surface area contributed by atoms with Gasteiger partial charge in [-0.2, -0.15) is 0 Å². The van der Waals surface area contributed by atoms with Gasteiger partial charge in [0.1, 0.15) is 5.82 Å². The Labute approximate surface area is 153 Å². The lowest BCUT2D eigenvalue weighted by Gasteiger charge is -2.38. The van der Waals surface area contributed by atoms with Crippen LogP contribution in [0, 0.1) is 12.3 Å². The fourth-order valence-electron chi connectivity index (χ4n) is 3.11. The fraction of sp³-hybridized carbons (Fsp3) is 0.667. The number of aryl methyl sites for hydroxylation is 1. The molecule has 0 aliphatic carbocycles. The van der Waals surface area contributed by atoms with Crippen molar-refractivity contribution in [2.45, 2.75) is 46.6 Å². The number of piperazine rings is 1. The second-order valence-electron chi connectivity index (χ2n) is 7.98. The summed E-state index contributed by atoms with van der Waals surface area (Å²) in [6, 6.07) is 0.980. The summed E-state index contributed by atoms with van der Waals surface area (Å²) in [4.78, 5) is 44.9. The Morgan fingerprint density at radius 1 is 1.38 bits per heavy atom. The van der Waals surface area contributed by atoms with Crippen LogP contribution in [-0.2, 0) is 16.0 Å². The number of carbonyl (C=O) groups excluding carboxylic acids is 2. The maximum atomic E-state index is 12.3. The molecule has 1 aromatic heterocycles. The number of H-pyrrole nitrogens is 1. The molecule has 1 aliphatic heterocycles. The fourth-order valence-corrected chi connectivity index (χ4v) is 3.11. The average molecular weight is 363 g/mol. The zero-order valence-corrected chi connectivity index (χ0v) is 16.0. The highest BCUT2D eigenvalue weighted by Crippen LogP contribution is 2.19. The van der Waals surface area contributed by atoms with Gasteiger partial charge in [0.15, 0.2) is 0 Å². The second kappa shape index (κ2) is 8.44. The Balaban J connectivity index is 1.88. The van der Waals surface area contributed by atoms with Crippen molar-refractivity contribution in [1.29, 1.82) is 0 Å². The monoisotopic (exact) mass is 363 g/mol. The van der Waals surface area contributed by atoms with E-state index in [2.05, 4.69) is 46.3 Å². The molecule has 1 fully saturated rings. The van der Waals surface area contributed by atoms with Crippen molar-refractivity contribution in [2.24, 2.45) is 5.41 Å². The minimum absolute atomic E-state index is 0.0507. The number of aromatic amines is 1. The minimum atomic E-state index is -0.445. The van der Waals surface area contributed by atoms with Gasteiger partial charge in [-0.15, -0.1) is 0 Å². The molecule has 8 nitrogen and oxygen atoms in total. The van der Waals surface area contributed by atoms with E-state index in [1.165, 1.54) is 6.07 Å². The van der Waals surface area contributed by atoms with E-state index in [0.717, 1.165) is 13.1 Å². The van der Waals surface area contributed by atoms with E-state index >= 15 is 0 Å². The number of rotatable bonds is 6. The topological polar surface area (TPSA) is 107 Å². The third kappa shape index (κ3) is 6.25. The van der Waals surface area contributed by atoms with Gasteiger partial charge in [0, 0.05) is 44.4 Å². The van der Waals surface area contributed by atoms with E-state index in [1.807, 2.05) is 0 Å². The van der Waals surface area contributed by atoms with Crippen molar-refractivity contribution in [2.75, 3.05) is 26.2 Å². The number of nitrogens with zero attached hydrogens (tertiary/aromatic N) is 2. The van der Waals surface area contributed by atoms with Crippen molar-refractivity contribution in [3.05, 3.63) is 27.9 Å². The number of hydrogen-bond donors (Lipinski definition) is 3. The number of amides is 2. The predicted octanol–water partition coefficient (Wildman–Crippen LogP) is -0.0264. The number of carbonyl (C=O) groups is 2. The molecule has 1 aliphatic rings. The molecule has 2 heterocycles. The van der Waals surface area contributed by atoms with Crippen LogP contribution in [0.2, 0.25) is 0 Å². The number of nitrogens with one attached hydrogen (secondary N) is 3. The van der Waals surface area contributed by atoms with E-state index in [1.54, 1.807) is 6.92 Å². The zero-order chi connectivity index (χ0) is 19.3. The van der Waals surface area contributed by atoms with Crippen molar-refractivity contribution < 1.29 is 9.59 Å². The molecular weight excluding hydrogens is 334 g/mol. The molecule has 0 bridgehead atoms. The summed E-state index contributed by atoms with van der Waals surface area (Å²) in [5.41, 5.74) is 0.497. The highest BCUT2D eigenvalue weighted by Gasteiger charge is 2.33. The van der Waals surface area contributed by atoms with Gasteiger partial charge in [0.2, 0.25) is 11.8 Å². The van der Waals surface area contributed by atoms with Crippen LogP contribution in [0.4, 0.5) is 0 Å². The smallest absolute Gasteiger partial charge is 0.251 e. The van der Waals surface area contributed by atoms with Crippen molar-refractivity contribution >= 4 is 11.8 Å². The molecule has 2 amide bonds. The summed E-state index contributed by atoms with van der Waals surface area (Å²) in [7, 11) is 0. The van der Waals surface area contributed by atoms with Crippen LogP contribution in [0.25, 0.3) is 0 Å². The summed E-state index contributed by atoms with van der Waals surface area (Å²) >= 11 is 0. The Kier molecular flexibility index (Phi) is 6.52. The molecule has 0 spiro atoms. The van der Waals surface area contributed by atoms with Gasteiger partial charge in [-0.3, -0.25) is 19.3 Å². The van der Waals surface area contributed by atoms with E-state index in [4.69, 9.17) is 0 Å². The van der Waals surface area contributed by atoms with Gasteiger partial charge in [-0.25, -0.2) is 4.98 Å². The number of hydrogen-bond acceptors (Lipinski definition) is 5. The molecule has 0 aromatic carbocycles. The maximum Gasteiger partial charge on any atom is 0.251 e. The molecule has 1 aromatic rings. The molecule has 3 N–H and O–H groups in total. The molecule has 2 rings (SSSR count). The second-order valence-corrected chi connectivity index (χ2v) is 7.98. The molecule has 144 valence electrons. The lowest BCUT2D eigenvalue weighted by molar-refractivity contribution is -0.134. The first-order valence-electron chi connectivity index (χ1n) is 8.99. The summed E-state index contributed by atoms with van der Waals surface area (Å²) < 4.78 is 0. The SMILES string of the molecule is Cc1cc(=O)[nH]c(CCNC(=O)CC2C(=O)NCCN2CC(C)(C)C)n1. The molecule has 26 heavy (non-hydrogen) atoms. The minimum Gasteiger partial charge on any atom is -0.356 e. The Morgan fingerprint density at radius 2 is 2.12 bits per heavy atom. The van der Waals surface area contributed by atoms with Gasteiger partial charge in [0.05, 0.1) is 12.5 Å². The normalized spacial score (nSPS) is 18.5. The zero-order valence-electron chi connectivity index (χ0n) is 16.0. The number of aromatic nitrogens is 2. The van der Waals surface area contributed by atoms with Gasteiger partial charge >= 0.3 is 0 Å². The van der Waals surface area contributed by atoms with Crippen LogP contribution in [0.3, 0.4) is 0 Å². The summed E-state index contributed by atoms with van der Waals surface area (Å²) in [6.45, 7) is 10.6. The molecule has 1 unspecified atom stereocenters. The van der Waals surface area contributed by atoms with Crippen LogP contribution in [0.5, 0.6) is 0 Å². The van der Waals surface area contributed by atoms with Crippen LogP contribution in [0.15, 0.2) is 10.9 Å². The summed E-state index contributed by atoms with van der Waals surface area (Å²) in [6.07, 6.45) is 0.560. The van der Waals surface area contributed by atoms with Crippen molar-refractivity contribution in [3.63, 3.8) is 0 Å². The van der Waals surface area contributed by atoms with Crippen molar-refractivity contribution in [1.82, 2.24) is 25.5 Å². The van der Waals surface area contributed by atoms with Crippen LogP contribution < -0.4 is 16.2 Å². The van der Waals surface area contributed by atoms with Crippen LogP contribution in [-0.4, -0.2) is 58.9 Å². The van der Waals surface area contributed by atoms with Gasteiger partial charge in [-0.05, 0) is 12.3 Å². The summed E-state index contributed by atoms with van der Waals surface area (Å²) in [5.74, 6) is 0.265. The quantitative estimate of drug-likeness (QED) is 0.658. The standard InChI is InChI=1S/C18H29N5O3/c1-12-9-16(25)22-14(21-12)5-6-19-15(24)10-13-17(26)20-7-8-23(13)11-18(2,3)4/h9,13H,5-8,10-11H2,1-4H3,(H,19,24)(H,20,26)(H,21,22,25). The highest BCUT2D eigenvalue weighted by atomic mass is 16.2. The summed E-state index contributed by atoms with van der Waals surface area (Å²) in [5, 5.41) is 5.65. The third-order valence-electron chi connectivity index (χ3n) is 4.10. The largest absolute Gasteiger partial charge is 0.356 e. The maximum absolute atomic E-state index is 12.3. The third-order valence-corrected chi connectivity index (χ3v) is 4.10. The van der Waals surface area contributed by atoms with E-state index < -0.39 is 6.04 Å². The van der Waals surface area contributed by atoms with Crippen LogP contribution in [0.1, 0.15) is 38.7 Å². The molecule has 8 heteroatoms. The average Bonchev–Trinajstić information content (AvgIpc) is 2.48. The molecule has 1 atom stereocenters. The molecule has 0 saturated carbocycles. The predicted molar refractivity (Wildman–Crippen MR) is 98.8 cm³/mol. The Morgan fingerprint density at radius 3 is 2.77 bits per heavy atom. The van der Waals surface area contributed by atoms with Gasteiger partial charge in [-0.1, -0.05) is 20.8 Å². The lowest BCUT2D eigenvalue weighted by atomic mass is 9.94. The molecule has 0 radical (unpaired) electrons. The van der Waals surface area contributed by atoms with Gasteiger partial charge < -0.3 is 15.6 Å². The van der Waals surface area contributed by atoms with Gasteiger partial charge in [0.25, 0.3) is 5.56 Å². The first-order chi connectivity index (χ1) is 12.1. The molecular formula is C18H29N5O3. The Bertz CT molecular complexity index is 708. The van der Waals surface area contributed by atoms with E-state index in [9.17, 15) is 14.4 Å². The van der Waals surface area contributed by atoms with E-state index in [-0.39, 0.29) is 29.2 Å². The van der Waals surface area contributed by atoms with Crippen molar-refractivity contribution in [3.8, 4) is 0 Å². The highest BCUT2D eigenvalue weighted by molar-refractivity contribution is 5.88. The first kappa shape index (κ1) is 20.1. The van der Waals surface area contributed by atoms with Crippen LogP contribution >= 0.6 is 0 Å². The van der Waals surface area contributed by atoms with E-state index in [0.29, 0.717) is 31.0 Å². The lowest BCUT2D eigenvalue weighted by Crippen LogP contribution is -2.58.